The van der Waals surface area contributed by atoms with E-state index >= 15 is 0 Å². The van der Waals surface area contributed by atoms with Crippen LogP contribution < -0.4 is 5.73 Å². The maximum absolute atomic E-state index is 5.42. The van der Waals surface area contributed by atoms with Crippen LogP contribution in [0.4, 0.5) is 0 Å². The molecule has 0 aliphatic rings. The maximum atomic E-state index is 5.42. The van der Waals surface area contributed by atoms with Crippen molar-refractivity contribution in [3.8, 4) is 6.01 Å². The summed E-state index contributed by atoms with van der Waals surface area (Å²) < 4.78 is 6.81. The Kier molecular flexibility index (Phi) is 2.32. The first-order valence-corrected chi connectivity index (χ1v) is 4.46. The van der Waals surface area contributed by atoms with Crippen LogP contribution in [-0.4, -0.2) is 21.3 Å². The van der Waals surface area contributed by atoms with Crippen LogP contribution in [0.3, 0.4) is 0 Å². The molecule has 5 heteroatoms. The van der Waals surface area contributed by atoms with Crippen molar-refractivity contribution in [2.24, 2.45) is 5.73 Å². The molecule has 0 aromatic carbocycles. The van der Waals surface area contributed by atoms with Crippen molar-refractivity contribution < 1.29 is 4.42 Å². The fraction of sp³-hybridized carbons (Fsp3) is 0.333. The van der Waals surface area contributed by atoms with Crippen molar-refractivity contribution in [1.82, 2.24) is 14.8 Å². The molecule has 2 aromatic heterocycles. The summed E-state index contributed by atoms with van der Waals surface area (Å²) in [6.07, 6.45) is 4.18. The Morgan fingerprint density at radius 1 is 1.57 bits per heavy atom. The Morgan fingerprint density at radius 2 is 2.43 bits per heavy atom. The van der Waals surface area contributed by atoms with Gasteiger partial charge in [-0.25, -0.2) is 0 Å². The quantitative estimate of drug-likeness (QED) is 0.776. The van der Waals surface area contributed by atoms with Crippen LogP contribution in [0.25, 0.3) is 6.01 Å². The van der Waals surface area contributed by atoms with E-state index in [9.17, 15) is 0 Å². The molecule has 74 valence electrons. The van der Waals surface area contributed by atoms with Crippen LogP contribution in [-0.2, 0) is 6.42 Å². The highest BCUT2D eigenvalue weighted by molar-refractivity contribution is 5.11. The summed E-state index contributed by atoms with van der Waals surface area (Å²) in [6, 6.07) is 2.40. The van der Waals surface area contributed by atoms with E-state index in [4.69, 9.17) is 10.2 Å². The highest BCUT2D eigenvalue weighted by Crippen LogP contribution is 2.07. The van der Waals surface area contributed by atoms with E-state index in [1.807, 2.05) is 19.2 Å². The van der Waals surface area contributed by atoms with Crippen LogP contribution in [0.2, 0.25) is 0 Å². The largest absolute Gasteiger partial charge is 0.430 e. The van der Waals surface area contributed by atoms with Crippen molar-refractivity contribution in [3.63, 3.8) is 0 Å². The van der Waals surface area contributed by atoms with Gasteiger partial charge in [0.15, 0.2) is 0 Å². The summed E-state index contributed by atoms with van der Waals surface area (Å²) in [6.45, 7) is 2.47. The SMILES string of the molecule is Cc1coc(-n2ccc(CCN)n2)n1. The molecule has 0 radical (unpaired) electrons. The minimum absolute atomic E-state index is 0.491. The van der Waals surface area contributed by atoms with E-state index in [0.717, 1.165) is 17.8 Å². The van der Waals surface area contributed by atoms with Crippen LogP contribution in [0.5, 0.6) is 0 Å². The number of hydrogen-bond acceptors (Lipinski definition) is 4. The third-order valence-electron chi connectivity index (χ3n) is 1.85. The van der Waals surface area contributed by atoms with Gasteiger partial charge in [-0.2, -0.15) is 14.8 Å². The molecule has 0 spiro atoms. The molecule has 5 nitrogen and oxygen atoms in total. The Bertz CT molecular complexity index is 418. The van der Waals surface area contributed by atoms with Gasteiger partial charge in [-0.15, -0.1) is 0 Å². The number of oxazole rings is 1. The van der Waals surface area contributed by atoms with Gasteiger partial charge >= 0.3 is 6.01 Å². The minimum atomic E-state index is 0.491. The highest BCUT2D eigenvalue weighted by atomic mass is 16.4. The van der Waals surface area contributed by atoms with Crippen molar-refractivity contribution in [2.75, 3.05) is 6.54 Å². The summed E-state index contributed by atoms with van der Waals surface area (Å²) in [4.78, 5) is 4.16. The lowest BCUT2D eigenvalue weighted by molar-refractivity contribution is 0.508. The molecule has 14 heavy (non-hydrogen) atoms. The van der Waals surface area contributed by atoms with Gasteiger partial charge in [0.05, 0.1) is 11.4 Å². The third-order valence-corrected chi connectivity index (χ3v) is 1.85. The average Bonchev–Trinajstić information content (AvgIpc) is 2.74. The van der Waals surface area contributed by atoms with E-state index in [2.05, 4.69) is 10.1 Å². The fourth-order valence-electron chi connectivity index (χ4n) is 1.20. The Labute approximate surface area is 81.5 Å². The van der Waals surface area contributed by atoms with Crippen molar-refractivity contribution in [1.29, 1.82) is 0 Å². The fourth-order valence-corrected chi connectivity index (χ4v) is 1.20. The molecule has 2 heterocycles. The summed E-state index contributed by atoms with van der Waals surface area (Å²) >= 11 is 0. The number of hydrogen-bond donors (Lipinski definition) is 1. The molecule has 0 aliphatic heterocycles. The predicted octanol–water partition coefficient (Wildman–Crippen LogP) is 0.670. The number of nitrogens with two attached hydrogens (primary N) is 1. The zero-order valence-electron chi connectivity index (χ0n) is 7.97. The highest BCUT2D eigenvalue weighted by Gasteiger charge is 2.05. The lowest BCUT2D eigenvalue weighted by atomic mass is 10.3. The Morgan fingerprint density at radius 3 is 3.07 bits per heavy atom. The first kappa shape index (κ1) is 8.96. The van der Waals surface area contributed by atoms with Gasteiger partial charge in [0.1, 0.15) is 6.26 Å². The first-order chi connectivity index (χ1) is 6.79. The van der Waals surface area contributed by atoms with Crippen LogP contribution in [0, 0.1) is 6.92 Å². The van der Waals surface area contributed by atoms with Crippen molar-refractivity contribution >= 4 is 0 Å². The normalized spacial score (nSPS) is 10.7. The van der Waals surface area contributed by atoms with Gasteiger partial charge in [0, 0.05) is 12.6 Å². The molecule has 0 saturated heterocycles. The van der Waals surface area contributed by atoms with Crippen molar-refractivity contribution in [3.05, 3.63) is 29.9 Å². The monoisotopic (exact) mass is 192 g/mol. The molecule has 0 amide bonds. The zero-order chi connectivity index (χ0) is 9.97. The molecule has 2 rings (SSSR count). The molecule has 0 unspecified atom stereocenters. The predicted molar refractivity (Wildman–Crippen MR) is 51.1 cm³/mol. The summed E-state index contributed by atoms with van der Waals surface area (Å²) in [5, 5.41) is 4.26. The number of aromatic nitrogens is 3. The second kappa shape index (κ2) is 3.63. The van der Waals surface area contributed by atoms with Gasteiger partial charge in [-0.05, 0) is 19.5 Å². The maximum Gasteiger partial charge on any atom is 0.322 e. The molecule has 0 saturated carbocycles. The number of rotatable bonds is 3. The van der Waals surface area contributed by atoms with Crippen LogP contribution in [0.1, 0.15) is 11.4 Å². The summed E-state index contributed by atoms with van der Waals surface area (Å²) in [5.41, 5.74) is 7.22. The Balaban J connectivity index is 2.24. The van der Waals surface area contributed by atoms with Gasteiger partial charge < -0.3 is 10.2 Å². The van der Waals surface area contributed by atoms with E-state index in [1.54, 1.807) is 10.9 Å². The first-order valence-electron chi connectivity index (χ1n) is 4.46. The molecule has 2 aromatic rings. The Hall–Kier alpha value is -1.62. The standard InChI is InChI=1S/C9H12N4O/c1-7-6-14-9(11-7)13-5-3-8(12-13)2-4-10/h3,5-6H,2,4,10H2,1H3. The lowest BCUT2D eigenvalue weighted by Gasteiger charge is -1.92. The van der Waals surface area contributed by atoms with E-state index in [-0.39, 0.29) is 0 Å². The van der Waals surface area contributed by atoms with Gasteiger partial charge in [-0.1, -0.05) is 0 Å². The van der Waals surface area contributed by atoms with Gasteiger partial charge in [0.25, 0.3) is 0 Å². The van der Waals surface area contributed by atoms with Crippen LogP contribution in [0.15, 0.2) is 22.9 Å². The molecule has 0 bridgehead atoms. The van der Waals surface area contributed by atoms with Crippen LogP contribution >= 0.6 is 0 Å². The molecule has 0 fully saturated rings. The van der Waals surface area contributed by atoms with Crippen molar-refractivity contribution in [2.45, 2.75) is 13.3 Å². The molecular formula is C9H12N4O. The average molecular weight is 192 g/mol. The minimum Gasteiger partial charge on any atom is -0.430 e. The lowest BCUT2D eigenvalue weighted by Crippen LogP contribution is -2.04. The van der Waals surface area contributed by atoms with Gasteiger partial charge in [0.2, 0.25) is 0 Å². The molecule has 0 aliphatic carbocycles. The smallest absolute Gasteiger partial charge is 0.322 e. The second-order valence-corrected chi connectivity index (χ2v) is 3.06. The van der Waals surface area contributed by atoms with E-state index in [1.165, 1.54) is 0 Å². The molecular weight excluding hydrogens is 180 g/mol. The molecule has 0 atom stereocenters. The summed E-state index contributed by atoms with van der Waals surface area (Å²) in [5.74, 6) is 0. The van der Waals surface area contributed by atoms with E-state index < -0.39 is 0 Å². The van der Waals surface area contributed by atoms with Gasteiger partial charge in [-0.3, -0.25) is 0 Å². The second-order valence-electron chi connectivity index (χ2n) is 3.06. The van der Waals surface area contributed by atoms with E-state index in [0.29, 0.717) is 12.6 Å². The third kappa shape index (κ3) is 1.67. The number of nitrogens with zero attached hydrogens (tertiary/aromatic N) is 3. The number of aryl methyl sites for hydroxylation is 1. The zero-order valence-corrected chi connectivity index (χ0v) is 7.97. The topological polar surface area (TPSA) is 69.9 Å². The summed E-state index contributed by atoms with van der Waals surface area (Å²) in [7, 11) is 0. The molecule has 2 N–H and O–H groups in total.